The molecule has 6 heteroatoms. The molecule has 138 valence electrons. The first kappa shape index (κ1) is 16.9. The van der Waals surface area contributed by atoms with E-state index in [1.165, 1.54) is 6.42 Å². The molecule has 2 aliphatic rings. The van der Waals surface area contributed by atoms with Crippen molar-refractivity contribution in [2.24, 2.45) is 5.92 Å². The monoisotopic (exact) mass is 356 g/mol. The van der Waals surface area contributed by atoms with Crippen LogP contribution in [0.1, 0.15) is 31.7 Å². The molecule has 0 bridgehead atoms. The maximum atomic E-state index is 12.5. The van der Waals surface area contributed by atoms with E-state index in [0.717, 1.165) is 30.4 Å². The highest BCUT2D eigenvalue weighted by Gasteiger charge is 2.21. The molecule has 1 amide bonds. The number of aromatic nitrogens is 1. The van der Waals surface area contributed by atoms with Crippen LogP contribution in [0.25, 0.3) is 10.9 Å². The van der Waals surface area contributed by atoms with E-state index in [0.29, 0.717) is 49.0 Å². The van der Waals surface area contributed by atoms with E-state index >= 15 is 0 Å². The van der Waals surface area contributed by atoms with Crippen molar-refractivity contribution >= 4 is 16.8 Å². The molecule has 0 aliphatic carbocycles. The third-order valence-corrected chi connectivity index (χ3v) is 5.20. The lowest BCUT2D eigenvalue weighted by molar-refractivity contribution is -0.132. The Balaban J connectivity index is 1.52. The smallest absolute Gasteiger partial charge is 0.251 e. The number of carbonyl (C=O) groups excluding carboxylic acids is 1. The first-order chi connectivity index (χ1) is 12.6. The summed E-state index contributed by atoms with van der Waals surface area (Å²) < 4.78 is 11.2. The van der Waals surface area contributed by atoms with Gasteiger partial charge in [-0.25, -0.2) is 0 Å². The number of piperidine rings is 1. The van der Waals surface area contributed by atoms with Gasteiger partial charge in [-0.15, -0.1) is 0 Å². The van der Waals surface area contributed by atoms with Gasteiger partial charge in [0.1, 0.15) is 13.2 Å². The van der Waals surface area contributed by atoms with E-state index in [9.17, 15) is 9.59 Å². The van der Waals surface area contributed by atoms with Gasteiger partial charge in [-0.3, -0.25) is 9.59 Å². The van der Waals surface area contributed by atoms with Gasteiger partial charge in [-0.05, 0) is 37.3 Å². The number of likely N-dealkylation sites (tertiary alicyclic amines) is 1. The van der Waals surface area contributed by atoms with Crippen LogP contribution in [0.4, 0.5) is 0 Å². The molecule has 2 aliphatic heterocycles. The Morgan fingerprint density at radius 2 is 2.00 bits per heavy atom. The van der Waals surface area contributed by atoms with Crippen molar-refractivity contribution in [2.45, 2.75) is 32.6 Å². The molecule has 2 aromatic rings. The van der Waals surface area contributed by atoms with Gasteiger partial charge >= 0.3 is 0 Å². The molecule has 1 fully saturated rings. The first-order valence-corrected chi connectivity index (χ1v) is 9.33. The molecule has 1 aromatic heterocycles. The van der Waals surface area contributed by atoms with E-state index in [-0.39, 0.29) is 11.5 Å². The van der Waals surface area contributed by atoms with Crippen LogP contribution in [0.5, 0.6) is 11.5 Å². The van der Waals surface area contributed by atoms with Crippen LogP contribution in [0, 0.1) is 5.92 Å². The lowest BCUT2D eigenvalue weighted by atomic mass is 9.99. The molecule has 26 heavy (non-hydrogen) atoms. The number of hydrogen-bond acceptors (Lipinski definition) is 4. The standard InChI is InChI=1S/C20H24N2O4/c1-13-3-2-6-22(12-13)19(23)5-4-14-9-15-10-17-18(26-8-7-25-17)11-16(15)21-20(14)24/h9-11,13H,2-8,12H2,1H3,(H,21,24). The van der Waals surface area contributed by atoms with E-state index < -0.39 is 0 Å². The van der Waals surface area contributed by atoms with E-state index in [1.54, 1.807) is 6.07 Å². The molecule has 6 nitrogen and oxygen atoms in total. The van der Waals surface area contributed by atoms with Crippen LogP contribution >= 0.6 is 0 Å². The summed E-state index contributed by atoms with van der Waals surface area (Å²) in [7, 11) is 0. The number of nitrogens with one attached hydrogen (secondary N) is 1. The number of hydrogen-bond donors (Lipinski definition) is 1. The number of ether oxygens (including phenoxy) is 2. The molecular formula is C20H24N2O4. The second-order valence-electron chi connectivity index (χ2n) is 7.29. The number of amides is 1. The Kier molecular flexibility index (Phi) is 4.57. The van der Waals surface area contributed by atoms with Gasteiger partial charge < -0.3 is 19.4 Å². The van der Waals surface area contributed by atoms with Gasteiger partial charge in [0.25, 0.3) is 5.56 Å². The second kappa shape index (κ2) is 7.02. The number of aryl methyl sites for hydroxylation is 1. The summed E-state index contributed by atoms with van der Waals surface area (Å²) >= 11 is 0. The van der Waals surface area contributed by atoms with Gasteiger partial charge in [0.2, 0.25) is 5.91 Å². The maximum Gasteiger partial charge on any atom is 0.251 e. The molecule has 0 saturated carbocycles. The summed E-state index contributed by atoms with van der Waals surface area (Å²) in [6.45, 7) is 4.88. The van der Waals surface area contributed by atoms with Crippen molar-refractivity contribution in [3.05, 3.63) is 34.1 Å². The third kappa shape index (κ3) is 3.41. The molecule has 1 saturated heterocycles. The normalized spacial score (nSPS) is 19.6. The summed E-state index contributed by atoms with van der Waals surface area (Å²) in [6, 6.07) is 5.55. The first-order valence-electron chi connectivity index (χ1n) is 9.33. The van der Waals surface area contributed by atoms with Gasteiger partial charge in [0.15, 0.2) is 11.5 Å². The highest BCUT2D eigenvalue weighted by Crippen LogP contribution is 2.33. The Morgan fingerprint density at radius 1 is 1.23 bits per heavy atom. The molecule has 0 radical (unpaired) electrons. The number of carbonyl (C=O) groups is 1. The van der Waals surface area contributed by atoms with E-state index in [4.69, 9.17) is 9.47 Å². The van der Waals surface area contributed by atoms with Crippen molar-refractivity contribution in [3.63, 3.8) is 0 Å². The van der Waals surface area contributed by atoms with Gasteiger partial charge in [-0.1, -0.05) is 6.92 Å². The van der Waals surface area contributed by atoms with E-state index in [1.807, 2.05) is 17.0 Å². The van der Waals surface area contributed by atoms with Crippen LogP contribution in [0.2, 0.25) is 0 Å². The lowest BCUT2D eigenvalue weighted by Crippen LogP contribution is -2.39. The Labute approximate surface area is 152 Å². The van der Waals surface area contributed by atoms with Crippen molar-refractivity contribution in [2.75, 3.05) is 26.3 Å². The van der Waals surface area contributed by atoms with Crippen LogP contribution in [-0.2, 0) is 11.2 Å². The second-order valence-corrected chi connectivity index (χ2v) is 7.29. The zero-order valence-corrected chi connectivity index (χ0v) is 15.0. The largest absolute Gasteiger partial charge is 0.486 e. The maximum absolute atomic E-state index is 12.5. The predicted octanol–water partition coefficient (Wildman–Crippen LogP) is 2.49. The molecule has 3 heterocycles. The third-order valence-electron chi connectivity index (χ3n) is 5.20. The number of nitrogens with zero attached hydrogens (tertiary/aromatic N) is 1. The molecule has 1 atom stereocenters. The van der Waals surface area contributed by atoms with Gasteiger partial charge in [0.05, 0.1) is 5.52 Å². The number of fused-ring (bicyclic) bond motifs is 2. The molecule has 1 unspecified atom stereocenters. The Morgan fingerprint density at radius 3 is 2.77 bits per heavy atom. The minimum Gasteiger partial charge on any atom is -0.486 e. The SMILES string of the molecule is CC1CCCN(C(=O)CCc2cc3cc4c(cc3[nH]c2=O)OCCO4)C1. The average Bonchev–Trinajstić information content (AvgIpc) is 2.64. The lowest BCUT2D eigenvalue weighted by Gasteiger charge is -2.31. The highest BCUT2D eigenvalue weighted by atomic mass is 16.6. The molecule has 0 spiro atoms. The van der Waals surface area contributed by atoms with Crippen LogP contribution in [-0.4, -0.2) is 42.1 Å². The quantitative estimate of drug-likeness (QED) is 0.917. The number of H-pyrrole nitrogens is 1. The minimum absolute atomic E-state index is 0.137. The van der Waals surface area contributed by atoms with Crippen molar-refractivity contribution < 1.29 is 14.3 Å². The molecule has 4 rings (SSSR count). The summed E-state index contributed by atoms with van der Waals surface area (Å²) in [5.74, 6) is 2.05. The number of aromatic amines is 1. The number of rotatable bonds is 3. The minimum atomic E-state index is -0.144. The van der Waals surface area contributed by atoms with Crippen LogP contribution < -0.4 is 15.0 Å². The number of benzene rings is 1. The van der Waals surface area contributed by atoms with Crippen LogP contribution in [0.15, 0.2) is 23.0 Å². The van der Waals surface area contributed by atoms with Gasteiger partial charge in [0, 0.05) is 36.5 Å². The average molecular weight is 356 g/mol. The van der Waals surface area contributed by atoms with Crippen molar-refractivity contribution in [1.29, 1.82) is 0 Å². The van der Waals surface area contributed by atoms with Crippen molar-refractivity contribution in [3.8, 4) is 11.5 Å². The fourth-order valence-electron chi connectivity index (χ4n) is 3.79. The predicted molar refractivity (Wildman–Crippen MR) is 98.9 cm³/mol. The molecule has 1 aromatic carbocycles. The Hall–Kier alpha value is -2.50. The fourth-order valence-corrected chi connectivity index (χ4v) is 3.79. The highest BCUT2D eigenvalue weighted by molar-refractivity contribution is 5.83. The summed E-state index contributed by atoms with van der Waals surface area (Å²) in [5, 5.41) is 0.892. The fraction of sp³-hybridized carbons (Fsp3) is 0.500. The zero-order valence-electron chi connectivity index (χ0n) is 15.0. The Bertz CT molecular complexity index is 889. The number of pyridine rings is 1. The van der Waals surface area contributed by atoms with E-state index in [2.05, 4.69) is 11.9 Å². The summed E-state index contributed by atoms with van der Waals surface area (Å²) in [5.41, 5.74) is 1.21. The molecule has 1 N–H and O–H groups in total. The van der Waals surface area contributed by atoms with Crippen molar-refractivity contribution in [1.82, 2.24) is 9.88 Å². The summed E-state index contributed by atoms with van der Waals surface area (Å²) in [4.78, 5) is 29.7. The van der Waals surface area contributed by atoms with Gasteiger partial charge in [-0.2, -0.15) is 0 Å². The zero-order chi connectivity index (χ0) is 18.1. The topological polar surface area (TPSA) is 71.6 Å². The molecular weight excluding hydrogens is 332 g/mol. The summed E-state index contributed by atoms with van der Waals surface area (Å²) in [6.07, 6.45) is 3.07. The van der Waals surface area contributed by atoms with Crippen LogP contribution in [0.3, 0.4) is 0 Å².